The Hall–Kier alpha value is -1.18. The summed E-state index contributed by atoms with van der Waals surface area (Å²) in [6, 6.07) is 6.03. The third kappa shape index (κ3) is 1.24. The summed E-state index contributed by atoms with van der Waals surface area (Å²) in [5.74, 6) is 1.71. The van der Waals surface area contributed by atoms with Crippen LogP contribution in [0.4, 0.5) is 0 Å². The van der Waals surface area contributed by atoms with Crippen LogP contribution in [0.2, 0.25) is 0 Å². The molecule has 1 radical (unpaired) electrons. The van der Waals surface area contributed by atoms with Gasteiger partial charge in [0.15, 0.2) is 11.5 Å². The van der Waals surface area contributed by atoms with Gasteiger partial charge in [-0.3, -0.25) is 0 Å². The second-order valence-corrected chi connectivity index (χ2v) is 2.79. The summed E-state index contributed by atoms with van der Waals surface area (Å²) in [7, 11) is 0. The molecular formula is C10H11O2. The van der Waals surface area contributed by atoms with Gasteiger partial charge in [-0.05, 0) is 30.5 Å². The molecule has 0 N–H and O–H groups in total. The first kappa shape index (κ1) is 7.47. The first-order valence-electron chi connectivity index (χ1n) is 4.08. The Morgan fingerprint density at radius 3 is 2.92 bits per heavy atom. The summed E-state index contributed by atoms with van der Waals surface area (Å²) in [6.07, 6.45) is 1.91. The van der Waals surface area contributed by atoms with E-state index in [-0.39, 0.29) is 0 Å². The SMILES string of the molecule is [CH2]CCc1ccc2c(c1)OCO2. The Kier molecular flexibility index (Phi) is 1.90. The van der Waals surface area contributed by atoms with E-state index in [1.54, 1.807) is 0 Å². The van der Waals surface area contributed by atoms with Gasteiger partial charge in [0.2, 0.25) is 6.79 Å². The lowest BCUT2D eigenvalue weighted by molar-refractivity contribution is 0.174. The largest absolute Gasteiger partial charge is 0.454 e. The Balaban J connectivity index is 2.26. The van der Waals surface area contributed by atoms with Crippen LogP contribution in [-0.2, 0) is 6.42 Å². The molecule has 1 heterocycles. The summed E-state index contributed by atoms with van der Waals surface area (Å²) in [5, 5.41) is 0. The molecule has 1 aromatic carbocycles. The fourth-order valence-corrected chi connectivity index (χ4v) is 1.30. The minimum atomic E-state index is 0.350. The molecule has 0 aromatic heterocycles. The van der Waals surface area contributed by atoms with E-state index in [0.717, 1.165) is 24.3 Å². The van der Waals surface area contributed by atoms with Crippen LogP contribution >= 0.6 is 0 Å². The van der Waals surface area contributed by atoms with Gasteiger partial charge in [-0.15, -0.1) is 0 Å². The molecule has 0 bridgehead atoms. The maximum Gasteiger partial charge on any atom is 0.231 e. The fourth-order valence-electron chi connectivity index (χ4n) is 1.30. The van der Waals surface area contributed by atoms with E-state index in [2.05, 4.69) is 13.0 Å². The molecule has 0 fully saturated rings. The number of hydrogen-bond donors (Lipinski definition) is 0. The van der Waals surface area contributed by atoms with Crippen LogP contribution in [0, 0.1) is 6.92 Å². The van der Waals surface area contributed by atoms with Gasteiger partial charge in [0.25, 0.3) is 0 Å². The maximum atomic E-state index is 5.24. The highest BCUT2D eigenvalue weighted by atomic mass is 16.7. The number of benzene rings is 1. The van der Waals surface area contributed by atoms with E-state index in [0.29, 0.717) is 6.79 Å². The minimum absolute atomic E-state index is 0.350. The fraction of sp³-hybridized carbons (Fsp3) is 0.300. The minimum Gasteiger partial charge on any atom is -0.454 e. The molecule has 2 heteroatoms. The highest BCUT2D eigenvalue weighted by Gasteiger charge is 2.12. The van der Waals surface area contributed by atoms with Gasteiger partial charge in [0.1, 0.15) is 0 Å². The quantitative estimate of drug-likeness (QED) is 0.665. The number of hydrogen-bond acceptors (Lipinski definition) is 2. The zero-order chi connectivity index (χ0) is 8.39. The zero-order valence-corrected chi connectivity index (χ0v) is 6.88. The van der Waals surface area contributed by atoms with Crippen molar-refractivity contribution in [2.45, 2.75) is 12.8 Å². The third-order valence-corrected chi connectivity index (χ3v) is 1.90. The van der Waals surface area contributed by atoms with Crippen LogP contribution in [0.15, 0.2) is 18.2 Å². The average Bonchev–Trinajstić information content (AvgIpc) is 2.51. The van der Waals surface area contributed by atoms with Crippen molar-refractivity contribution in [3.05, 3.63) is 30.7 Å². The van der Waals surface area contributed by atoms with Crippen LogP contribution in [0.25, 0.3) is 0 Å². The lowest BCUT2D eigenvalue weighted by Crippen LogP contribution is -1.92. The summed E-state index contributed by atoms with van der Waals surface area (Å²) < 4.78 is 10.4. The molecule has 2 nitrogen and oxygen atoms in total. The molecule has 0 saturated carbocycles. The van der Waals surface area contributed by atoms with Crippen molar-refractivity contribution >= 4 is 0 Å². The van der Waals surface area contributed by atoms with E-state index in [1.165, 1.54) is 5.56 Å². The molecule has 0 amide bonds. The second-order valence-electron chi connectivity index (χ2n) is 2.79. The van der Waals surface area contributed by atoms with Crippen LogP contribution in [0.1, 0.15) is 12.0 Å². The van der Waals surface area contributed by atoms with Crippen molar-refractivity contribution in [1.82, 2.24) is 0 Å². The predicted molar refractivity (Wildman–Crippen MR) is 46.2 cm³/mol. The Morgan fingerprint density at radius 2 is 2.08 bits per heavy atom. The van der Waals surface area contributed by atoms with Crippen molar-refractivity contribution in [2.75, 3.05) is 6.79 Å². The predicted octanol–water partition coefficient (Wildman–Crippen LogP) is 2.18. The Labute approximate surface area is 72.1 Å². The molecule has 0 atom stereocenters. The van der Waals surface area contributed by atoms with Gasteiger partial charge in [-0.2, -0.15) is 0 Å². The van der Waals surface area contributed by atoms with E-state index in [4.69, 9.17) is 9.47 Å². The molecule has 0 aliphatic carbocycles. The molecule has 2 rings (SSSR count). The lowest BCUT2D eigenvalue weighted by Gasteiger charge is -1.99. The van der Waals surface area contributed by atoms with E-state index < -0.39 is 0 Å². The van der Waals surface area contributed by atoms with Crippen LogP contribution in [0.5, 0.6) is 11.5 Å². The number of aryl methyl sites for hydroxylation is 1. The van der Waals surface area contributed by atoms with E-state index in [9.17, 15) is 0 Å². The summed E-state index contributed by atoms with van der Waals surface area (Å²) in [6.45, 7) is 4.15. The number of ether oxygens (including phenoxy) is 2. The standard InChI is InChI=1S/C10H11O2/c1-2-3-8-4-5-9-10(6-8)12-7-11-9/h4-6H,1-3,7H2. The molecule has 1 aliphatic heterocycles. The maximum absolute atomic E-state index is 5.24. The van der Waals surface area contributed by atoms with E-state index in [1.807, 2.05) is 12.1 Å². The monoisotopic (exact) mass is 163 g/mol. The normalized spacial score (nSPS) is 13.4. The molecule has 0 unspecified atom stereocenters. The molecule has 0 saturated heterocycles. The van der Waals surface area contributed by atoms with Crippen LogP contribution < -0.4 is 9.47 Å². The van der Waals surface area contributed by atoms with E-state index >= 15 is 0 Å². The smallest absolute Gasteiger partial charge is 0.231 e. The molecule has 0 spiro atoms. The van der Waals surface area contributed by atoms with Gasteiger partial charge in [0.05, 0.1) is 0 Å². The van der Waals surface area contributed by atoms with Crippen molar-refractivity contribution in [3.8, 4) is 11.5 Å². The summed E-state index contributed by atoms with van der Waals surface area (Å²) in [4.78, 5) is 0. The Morgan fingerprint density at radius 1 is 1.25 bits per heavy atom. The van der Waals surface area contributed by atoms with Crippen LogP contribution in [-0.4, -0.2) is 6.79 Å². The van der Waals surface area contributed by atoms with Gasteiger partial charge in [-0.1, -0.05) is 13.0 Å². The lowest BCUT2D eigenvalue weighted by atomic mass is 10.1. The Bertz CT molecular complexity index is 281. The summed E-state index contributed by atoms with van der Waals surface area (Å²) >= 11 is 0. The highest BCUT2D eigenvalue weighted by Crippen LogP contribution is 2.32. The van der Waals surface area contributed by atoms with Crippen molar-refractivity contribution in [2.24, 2.45) is 0 Å². The molecular weight excluding hydrogens is 152 g/mol. The van der Waals surface area contributed by atoms with Crippen molar-refractivity contribution in [1.29, 1.82) is 0 Å². The molecule has 1 aliphatic rings. The van der Waals surface area contributed by atoms with Crippen molar-refractivity contribution in [3.63, 3.8) is 0 Å². The second kappa shape index (κ2) is 3.05. The zero-order valence-electron chi connectivity index (χ0n) is 6.88. The van der Waals surface area contributed by atoms with Gasteiger partial charge < -0.3 is 9.47 Å². The van der Waals surface area contributed by atoms with Gasteiger partial charge in [0, 0.05) is 0 Å². The number of fused-ring (bicyclic) bond motifs is 1. The first-order valence-corrected chi connectivity index (χ1v) is 4.08. The average molecular weight is 163 g/mol. The molecule has 63 valence electrons. The third-order valence-electron chi connectivity index (χ3n) is 1.90. The van der Waals surface area contributed by atoms with Crippen molar-refractivity contribution < 1.29 is 9.47 Å². The summed E-state index contributed by atoms with van der Waals surface area (Å²) in [5.41, 5.74) is 1.26. The highest BCUT2D eigenvalue weighted by molar-refractivity contribution is 5.44. The molecule has 12 heavy (non-hydrogen) atoms. The number of rotatable bonds is 2. The van der Waals surface area contributed by atoms with Crippen LogP contribution in [0.3, 0.4) is 0 Å². The first-order chi connectivity index (χ1) is 5.90. The topological polar surface area (TPSA) is 18.5 Å². The van der Waals surface area contributed by atoms with Gasteiger partial charge >= 0.3 is 0 Å². The molecule has 1 aromatic rings. The van der Waals surface area contributed by atoms with Gasteiger partial charge in [-0.25, -0.2) is 0 Å².